The second kappa shape index (κ2) is 2.76. The lowest BCUT2D eigenvalue weighted by Gasteiger charge is -2.32. The van der Waals surface area contributed by atoms with Gasteiger partial charge in [-0.3, -0.25) is 0 Å². The number of rotatable bonds is 0. The molecule has 1 aromatic rings. The van der Waals surface area contributed by atoms with Gasteiger partial charge in [0, 0.05) is 12.7 Å². The summed E-state index contributed by atoms with van der Waals surface area (Å²) in [5.41, 5.74) is 2.10. The van der Waals surface area contributed by atoms with E-state index in [1.807, 2.05) is 31.2 Å². The summed E-state index contributed by atoms with van der Waals surface area (Å²) in [5, 5.41) is 2.83. The maximum Gasteiger partial charge on any atom is 0.322 e. The number of carbonyl (C=O) groups excluding carboxylic acids is 1. The highest BCUT2D eigenvalue weighted by molar-refractivity contribution is 5.92. The number of hydrogen-bond acceptors (Lipinski definition) is 1. The number of fused-ring (bicyclic) bond motifs is 1. The second-order valence-corrected chi connectivity index (χ2v) is 3.30. The molecule has 1 aromatic carbocycles. The van der Waals surface area contributed by atoms with Crippen molar-refractivity contribution in [1.29, 1.82) is 0 Å². The van der Waals surface area contributed by atoms with E-state index >= 15 is 0 Å². The number of nitrogens with zero attached hydrogens (tertiary/aromatic N) is 1. The van der Waals surface area contributed by atoms with Gasteiger partial charge in [-0.25, -0.2) is 4.79 Å². The molecule has 13 heavy (non-hydrogen) atoms. The van der Waals surface area contributed by atoms with Crippen LogP contribution in [0, 0.1) is 0 Å². The van der Waals surface area contributed by atoms with Crippen molar-refractivity contribution < 1.29 is 4.79 Å². The lowest BCUT2D eigenvalue weighted by Crippen LogP contribution is -2.38. The first-order valence-electron chi connectivity index (χ1n) is 4.33. The van der Waals surface area contributed by atoms with E-state index in [1.54, 1.807) is 11.9 Å². The van der Waals surface area contributed by atoms with Gasteiger partial charge in [0.1, 0.15) is 0 Å². The zero-order valence-electron chi connectivity index (χ0n) is 7.74. The lowest BCUT2D eigenvalue weighted by molar-refractivity contribution is 0.205. The third-order valence-electron chi connectivity index (χ3n) is 2.55. The Balaban J connectivity index is 2.49. The Morgan fingerprint density at radius 2 is 2.08 bits per heavy atom. The Bertz CT molecular complexity index is 349. The summed E-state index contributed by atoms with van der Waals surface area (Å²) in [7, 11) is 1.80. The summed E-state index contributed by atoms with van der Waals surface area (Å²) in [5.74, 6) is 0. The van der Waals surface area contributed by atoms with Gasteiger partial charge in [0.05, 0.1) is 6.04 Å². The average Bonchev–Trinajstić information content (AvgIpc) is 2.15. The van der Waals surface area contributed by atoms with Crippen LogP contribution in [0.15, 0.2) is 24.3 Å². The molecule has 0 bridgehead atoms. The molecule has 1 unspecified atom stereocenters. The Morgan fingerprint density at radius 1 is 1.38 bits per heavy atom. The first-order chi connectivity index (χ1) is 6.20. The fourth-order valence-electron chi connectivity index (χ4n) is 1.56. The molecule has 0 aliphatic carbocycles. The quantitative estimate of drug-likeness (QED) is 0.646. The largest absolute Gasteiger partial charge is 0.322 e. The highest BCUT2D eigenvalue weighted by Crippen LogP contribution is 2.30. The highest BCUT2D eigenvalue weighted by Gasteiger charge is 2.25. The molecule has 3 heteroatoms. The summed E-state index contributed by atoms with van der Waals surface area (Å²) >= 11 is 0. The van der Waals surface area contributed by atoms with Crippen LogP contribution in [0.2, 0.25) is 0 Å². The summed E-state index contributed by atoms with van der Waals surface area (Å²) in [6.07, 6.45) is 0. The number of benzene rings is 1. The van der Waals surface area contributed by atoms with Crippen LogP contribution in [0.4, 0.5) is 10.5 Å². The third-order valence-corrected chi connectivity index (χ3v) is 2.55. The van der Waals surface area contributed by atoms with Crippen molar-refractivity contribution in [3.8, 4) is 0 Å². The van der Waals surface area contributed by atoms with E-state index < -0.39 is 0 Å². The summed E-state index contributed by atoms with van der Waals surface area (Å²) in [6, 6.07) is 8.00. The molecule has 1 N–H and O–H groups in total. The van der Waals surface area contributed by atoms with Gasteiger partial charge < -0.3 is 10.2 Å². The van der Waals surface area contributed by atoms with Crippen LogP contribution in [-0.2, 0) is 0 Å². The van der Waals surface area contributed by atoms with Gasteiger partial charge in [-0.1, -0.05) is 18.2 Å². The van der Waals surface area contributed by atoms with E-state index in [0.29, 0.717) is 0 Å². The molecule has 1 aliphatic rings. The molecule has 2 amide bonds. The average molecular weight is 176 g/mol. The topological polar surface area (TPSA) is 32.3 Å². The normalized spacial score (nSPS) is 20.9. The molecule has 0 radical (unpaired) electrons. The van der Waals surface area contributed by atoms with Crippen molar-refractivity contribution in [2.45, 2.75) is 13.0 Å². The number of para-hydroxylation sites is 1. The van der Waals surface area contributed by atoms with Crippen LogP contribution >= 0.6 is 0 Å². The molecule has 0 spiro atoms. The van der Waals surface area contributed by atoms with E-state index in [-0.39, 0.29) is 12.1 Å². The number of amides is 2. The van der Waals surface area contributed by atoms with E-state index in [2.05, 4.69) is 5.32 Å². The Morgan fingerprint density at radius 3 is 2.85 bits per heavy atom. The Kier molecular flexibility index (Phi) is 1.72. The minimum absolute atomic E-state index is 0.0359. The number of urea groups is 1. The summed E-state index contributed by atoms with van der Waals surface area (Å²) < 4.78 is 0. The van der Waals surface area contributed by atoms with Gasteiger partial charge in [-0.2, -0.15) is 0 Å². The maximum atomic E-state index is 11.4. The van der Waals surface area contributed by atoms with Crippen molar-refractivity contribution in [2.24, 2.45) is 0 Å². The fourth-order valence-corrected chi connectivity index (χ4v) is 1.56. The van der Waals surface area contributed by atoms with Crippen molar-refractivity contribution >= 4 is 11.7 Å². The van der Waals surface area contributed by atoms with Gasteiger partial charge in [-0.05, 0) is 18.6 Å². The molecule has 68 valence electrons. The molecule has 3 nitrogen and oxygen atoms in total. The second-order valence-electron chi connectivity index (χ2n) is 3.30. The molecular weight excluding hydrogens is 164 g/mol. The van der Waals surface area contributed by atoms with Crippen LogP contribution in [0.1, 0.15) is 18.5 Å². The smallest absolute Gasteiger partial charge is 0.321 e. The SMILES string of the molecule is CC1c2ccccc2NC(=O)N1C. The standard InChI is InChI=1S/C10H12N2O/c1-7-8-5-3-4-6-9(8)11-10(13)12(7)2/h3-7H,1-2H3,(H,11,13). The molecule has 1 aliphatic heterocycles. The first kappa shape index (κ1) is 8.10. The third kappa shape index (κ3) is 1.16. The minimum Gasteiger partial charge on any atom is -0.321 e. The van der Waals surface area contributed by atoms with Gasteiger partial charge in [0.25, 0.3) is 0 Å². The highest BCUT2D eigenvalue weighted by atomic mass is 16.2. The number of nitrogens with one attached hydrogen (secondary N) is 1. The molecule has 1 heterocycles. The molecule has 0 aromatic heterocycles. The van der Waals surface area contributed by atoms with Gasteiger partial charge >= 0.3 is 6.03 Å². The van der Waals surface area contributed by atoms with Crippen molar-refractivity contribution in [1.82, 2.24) is 4.90 Å². The van der Waals surface area contributed by atoms with Crippen LogP contribution in [-0.4, -0.2) is 18.0 Å². The Labute approximate surface area is 77.4 Å². The number of carbonyl (C=O) groups is 1. The van der Waals surface area contributed by atoms with Gasteiger partial charge in [0.2, 0.25) is 0 Å². The fraction of sp³-hybridized carbons (Fsp3) is 0.300. The molecule has 0 saturated heterocycles. The summed E-state index contributed by atoms with van der Waals surface area (Å²) in [4.78, 5) is 13.1. The zero-order valence-corrected chi connectivity index (χ0v) is 7.74. The molecule has 0 fully saturated rings. The molecule has 0 saturated carbocycles. The maximum absolute atomic E-state index is 11.4. The molecule has 1 atom stereocenters. The minimum atomic E-state index is -0.0359. The van der Waals surface area contributed by atoms with E-state index in [1.165, 1.54) is 5.56 Å². The predicted octanol–water partition coefficient (Wildman–Crippen LogP) is 2.22. The van der Waals surface area contributed by atoms with Gasteiger partial charge in [0.15, 0.2) is 0 Å². The zero-order chi connectivity index (χ0) is 9.42. The molecular formula is C10H12N2O. The van der Waals surface area contributed by atoms with Crippen LogP contribution < -0.4 is 5.32 Å². The monoisotopic (exact) mass is 176 g/mol. The van der Waals surface area contributed by atoms with Crippen molar-refractivity contribution in [3.05, 3.63) is 29.8 Å². The number of anilines is 1. The number of hydrogen-bond donors (Lipinski definition) is 1. The van der Waals surface area contributed by atoms with E-state index in [4.69, 9.17) is 0 Å². The molecule has 2 rings (SSSR count). The lowest BCUT2D eigenvalue weighted by atomic mass is 10.0. The van der Waals surface area contributed by atoms with Crippen LogP contribution in [0.5, 0.6) is 0 Å². The van der Waals surface area contributed by atoms with E-state index in [0.717, 1.165) is 5.69 Å². The predicted molar refractivity (Wildman–Crippen MR) is 51.6 cm³/mol. The van der Waals surface area contributed by atoms with Crippen LogP contribution in [0.3, 0.4) is 0 Å². The van der Waals surface area contributed by atoms with Crippen molar-refractivity contribution in [3.63, 3.8) is 0 Å². The van der Waals surface area contributed by atoms with Crippen LogP contribution in [0.25, 0.3) is 0 Å². The first-order valence-corrected chi connectivity index (χ1v) is 4.33. The summed E-state index contributed by atoms with van der Waals surface area (Å²) in [6.45, 7) is 2.03. The Hall–Kier alpha value is -1.51. The van der Waals surface area contributed by atoms with Crippen molar-refractivity contribution in [2.75, 3.05) is 12.4 Å². The van der Waals surface area contributed by atoms with E-state index in [9.17, 15) is 4.79 Å². The van der Waals surface area contributed by atoms with Gasteiger partial charge in [-0.15, -0.1) is 0 Å².